The van der Waals surface area contributed by atoms with Gasteiger partial charge < -0.3 is 15.2 Å². The van der Waals surface area contributed by atoms with Crippen LogP contribution in [0.3, 0.4) is 0 Å². The third kappa shape index (κ3) is 4.77. The summed E-state index contributed by atoms with van der Waals surface area (Å²) in [6, 6.07) is 4.80. The van der Waals surface area contributed by atoms with Crippen LogP contribution < -0.4 is 5.32 Å². The van der Waals surface area contributed by atoms with E-state index in [0.29, 0.717) is 31.8 Å². The maximum atomic E-state index is 13.2. The van der Waals surface area contributed by atoms with Crippen LogP contribution in [-0.2, 0) is 16.1 Å². The fourth-order valence-corrected chi connectivity index (χ4v) is 2.31. The highest BCUT2D eigenvalue weighted by Gasteiger charge is 2.21. The van der Waals surface area contributed by atoms with Gasteiger partial charge >= 0.3 is 0 Å². The first kappa shape index (κ1) is 15.9. The number of hydrogen-bond donors (Lipinski definition) is 2. The molecule has 0 aliphatic carbocycles. The number of rotatable bonds is 5. The molecular weight excluding hydrogens is 275 g/mol. The first-order chi connectivity index (χ1) is 10.1. The van der Waals surface area contributed by atoms with Gasteiger partial charge in [0, 0.05) is 19.6 Å². The number of halogens is 1. The molecule has 116 valence electrons. The predicted octanol–water partition coefficient (Wildman–Crippen LogP) is 0.443. The summed E-state index contributed by atoms with van der Waals surface area (Å²) in [6.45, 7) is 4.08. The predicted molar refractivity (Wildman–Crippen MR) is 76.2 cm³/mol. The van der Waals surface area contributed by atoms with Gasteiger partial charge in [0.15, 0.2) is 0 Å². The van der Waals surface area contributed by atoms with Crippen molar-refractivity contribution in [3.05, 3.63) is 35.1 Å². The second-order valence-corrected chi connectivity index (χ2v) is 5.27. The molecule has 21 heavy (non-hydrogen) atoms. The molecule has 1 aromatic carbocycles. The molecule has 1 aliphatic heterocycles. The maximum Gasteiger partial charge on any atom is 0.234 e. The Bertz CT molecular complexity index is 496. The van der Waals surface area contributed by atoms with Crippen molar-refractivity contribution in [2.24, 2.45) is 0 Å². The smallest absolute Gasteiger partial charge is 0.234 e. The van der Waals surface area contributed by atoms with Crippen LogP contribution in [0.15, 0.2) is 18.2 Å². The normalized spacial score (nSPS) is 19.5. The van der Waals surface area contributed by atoms with Crippen LogP contribution in [0.25, 0.3) is 0 Å². The third-order valence-corrected chi connectivity index (χ3v) is 3.51. The number of nitrogens with zero attached hydrogens (tertiary/aromatic N) is 1. The minimum atomic E-state index is -0.242. The van der Waals surface area contributed by atoms with Gasteiger partial charge in [0.05, 0.1) is 25.9 Å². The first-order valence-electron chi connectivity index (χ1n) is 7.05. The van der Waals surface area contributed by atoms with Gasteiger partial charge in [-0.25, -0.2) is 4.39 Å². The monoisotopic (exact) mass is 296 g/mol. The Labute approximate surface area is 123 Å². The molecule has 0 bridgehead atoms. The molecule has 0 saturated carbocycles. The van der Waals surface area contributed by atoms with Crippen molar-refractivity contribution < 1.29 is 19.0 Å². The molecule has 0 radical (unpaired) electrons. The lowest BCUT2D eigenvalue weighted by atomic mass is 10.1. The molecule has 1 aliphatic rings. The Morgan fingerprint density at radius 1 is 1.57 bits per heavy atom. The Kier molecular flexibility index (Phi) is 5.67. The molecule has 5 nitrogen and oxygen atoms in total. The minimum absolute atomic E-state index is 0.0347. The molecule has 6 heteroatoms. The van der Waals surface area contributed by atoms with Crippen LogP contribution in [0.4, 0.5) is 4.39 Å². The first-order valence-corrected chi connectivity index (χ1v) is 7.05. The van der Waals surface area contributed by atoms with Gasteiger partial charge in [-0.1, -0.05) is 12.1 Å². The number of carbonyl (C=O) groups is 1. The number of benzene rings is 1. The van der Waals surface area contributed by atoms with Gasteiger partial charge in [-0.15, -0.1) is 0 Å². The lowest BCUT2D eigenvalue weighted by Gasteiger charge is -2.31. The van der Waals surface area contributed by atoms with Crippen LogP contribution in [0, 0.1) is 12.7 Å². The van der Waals surface area contributed by atoms with E-state index in [4.69, 9.17) is 9.84 Å². The van der Waals surface area contributed by atoms with Crippen molar-refractivity contribution in [2.45, 2.75) is 19.6 Å². The highest BCUT2D eigenvalue weighted by atomic mass is 19.1. The highest BCUT2D eigenvalue weighted by molar-refractivity contribution is 5.78. The van der Waals surface area contributed by atoms with E-state index in [-0.39, 0.29) is 31.0 Å². The zero-order valence-electron chi connectivity index (χ0n) is 12.1. The van der Waals surface area contributed by atoms with E-state index < -0.39 is 0 Å². The number of ether oxygens (including phenoxy) is 1. The Balaban J connectivity index is 1.77. The number of carbonyl (C=O) groups excluding carboxylic acids is 1. The summed E-state index contributed by atoms with van der Waals surface area (Å²) >= 11 is 0. The van der Waals surface area contributed by atoms with Gasteiger partial charge in [0.25, 0.3) is 0 Å². The summed E-state index contributed by atoms with van der Waals surface area (Å²) in [5.74, 6) is -0.330. The molecule has 1 unspecified atom stereocenters. The van der Waals surface area contributed by atoms with Crippen LogP contribution in [0.1, 0.15) is 11.1 Å². The average Bonchev–Trinajstić information content (AvgIpc) is 2.48. The molecule has 0 spiro atoms. The molecule has 1 amide bonds. The second kappa shape index (κ2) is 7.49. The van der Waals surface area contributed by atoms with Crippen molar-refractivity contribution in [2.75, 3.05) is 32.8 Å². The largest absolute Gasteiger partial charge is 0.394 e. The molecular formula is C15H21FN2O3. The topological polar surface area (TPSA) is 61.8 Å². The number of aliphatic hydroxyl groups excluding tert-OH is 1. The maximum absolute atomic E-state index is 13.2. The van der Waals surface area contributed by atoms with Gasteiger partial charge in [0.1, 0.15) is 5.82 Å². The van der Waals surface area contributed by atoms with E-state index in [0.717, 1.165) is 5.56 Å². The van der Waals surface area contributed by atoms with E-state index in [1.807, 2.05) is 4.90 Å². The van der Waals surface area contributed by atoms with E-state index in [2.05, 4.69) is 5.32 Å². The van der Waals surface area contributed by atoms with Gasteiger partial charge in [0.2, 0.25) is 5.91 Å². The molecule has 1 saturated heterocycles. The summed E-state index contributed by atoms with van der Waals surface area (Å²) in [5.41, 5.74) is 1.44. The fourth-order valence-electron chi connectivity index (χ4n) is 2.31. The van der Waals surface area contributed by atoms with Gasteiger partial charge in [-0.2, -0.15) is 0 Å². The van der Waals surface area contributed by atoms with E-state index in [9.17, 15) is 9.18 Å². The Hall–Kier alpha value is -1.50. The summed E-state index contributed by atoms with van der Waals surface area (Å²) < 4.78 is 18.5. The molecule has 0 aromatic heterocycles. The Morgan fingerprint density at radius 2 is 2.38 bits per heavy atom. The zero-order valence-corrected chi connectivity index (χ0v) is 12.1. The molecule has 2 rings (SSSR count). The lowest BCUT2D eigenvalue weighted by Crippen LogP contribution is -2.47. The van der Waals surface area contributed by atoms with Crippen LogP contribution in [0.5, 0.6) is 0 Å². The second-order valence-electron chi connectivity index (χ2n) is 5.27. The van der Waals surface area contributed by atoms with Crippen molar-refractivity contribution in [3.8, 4) is 0 Å². The number of aliphatic hydroxyl groups is 1. The van der Waals surface area contributed by atoms with E-state index in [1.165, 1.54) is 6.07 Å². The SMILES string of the molecule is Cc1cc(CNC(=O)CN2CCOC(CO)C2)ccc1F. The number of amides is 1. The summed E-state index contributed by atoms with van der Waals surface area (Å²) in [4.78, 5) is 13.9. The van der Waals surface area contributed by atoms with Crippen molar-refractivity contribution in [1.82, 2.24) is 10.2 Å². The van der Waals surface area contributed by atoms with Crippen molar-refractivity contribution in [3.63, 3.8) is 0 Å². The van der Waals surface area contributed by atoms with E-state index in [1.54, 1.807) is 19.1 Å². The third-order valence-electron chi connectivity index (χ3n) is 3.51. The summed E-state index contributed by atoms with van der Waals surface area (Å²) in [7, 11) is 0. The fraction of sp³-hybridized carbons (Fsp3) is 0.533. The van der Waals surface area contributed by atoms with Crippen LogP contribution in [-0.4, -0.2) is 54.9 Å². The number of hydrogen-bond acceptors (Lipinski definition) is 4. The average molecular weight is 296 g/mol. The quantitative estimate of drug-likeness (QED) is 0.828. The molecule has 1 fully saturated rings. The summed E-state index contributed by atoms with van der Waals surface area (Å²) in [6.07, 6.45) is -0.216. The van der Waals surface area contributed by atoms with E-state index >= 15 is 0 Å². The minimum Gasteiger partial charge on any atom is -0.394 e. The summed E-state index contributed by atoms with van der Waals surface area (Å²) in [5, 5.41) is 11.9. The Morgan fingerprint density at radius 3 is 3.10 bits per heavy atom. The van der Waals surface area contributed by atoms with Crippen LogP contribution in [0.2, 0.25) is 0 Å². The molecule has 1 atom stereocenters. The number of morpholine rings is 1. The van der Waals surface area contributed by atoms with Gasteiger partial charge in [-0.05, 0) is 24.1 Å². The zero-order chi connectivity index (χ0) is 15.2. The standard InChI is InChI=1S/C15H21FN2O3/c1-11-6-12(2-3-14(11)16)7-17-15(20)9-18-4-5-21-13(8-18)10-19/h2-3,6,13,19H,4-5,7-10H2,1H3,(H,17,20). The van der Waals surface area contributed by atoms with Gasteiger partial charge in [-0.3, -0.25) is 9.69 Å². The van der Waals surface area contributed by atoms with Crippen molar-refractivity contribution >= 4 is 5.91 Å². The number of nitrogens with one attached hydrogen (secondary N) is 1. The molecule has 1 aromatic rings. The highest BCUT2D eigenvalue weighted by Crippen LogP contribution is 2.09. The number of aryl methyl sites for hydroxylation is 1. The lowest BCUT2D eigenvalue weighted by molar-refractivity contribution is -0.125. The van der Waals surface area contributed by atoms with Crippen LogP contribution >= 0.6 is 0 Å². The molecule has 1 heterocycles. The molecule has 2 N–H and O–H groups in total. The van der Waals surface area contributed by atoms with Crippen molar-refractivity contribution in [1.29, 1.82) is 0 Å².